The fraction of sp³-hybridized carbons (Fsp3) is 0.417. The van der Waals surface area contributed by atoms with E-state index in [4.69, 9.17) is 9.15 Å². The van der Waals surface area contributed by atoms with Gasteiger partial charge in [0.15, 0.2) is 5.13 Å². The number of hydrogen-bond donors (Lipinski definition) is 2. The van der Waals surface area contributed by atoms with Gasteiger partial charge in [0.25, 0.3) is 0 Å². The maximum absolute atomic E-state index is 12.5. The molecule has 0 fully saturated rings. The van der Waals surface area contributed by atoms with Crippen LogP contribution < -0.4 is 10.6 Å². The smallest absolute Gasteiger partial charge is 0.412 e. The molecule has 3 aromatic rings. The molecule has 8 nitrogen and oxygen atoms in total. The van der Waals surface area contributed by atoms with Crippen molar-refractivity contribution >= 4 is 45.9 Å². The Morgan fingerprint density at radius 2 is 1.85 bits per heavy atom. The van der Waals surface area contributed by atoms with E-state index < -0.39 is 11.7 Å². The minimum Gasteiger partial charge on any atom is -0.444 e. The summed E-state index contributed by atoms with van der Waals surface area (Å²) in [6, 6.07) is 7.09. The first-order chi connectivity index (χ1) is 15.9. The van der Waals surface area contributed by atoms with E-state index in [1.807, 2.05) is 6.07 Å². The number of anilines is 2. The minimum absolute atomic E-state index is 0.0802. The second kappa shape index (κ2) is 10.6. The normalized spacial score (nSPS) is 11.8. The van der Waals surface area contributed by atoms with Gasteiger partial charge >= 0.3 is 6.09 Å². The van der Waals surface area contributed by atoms with Crippen molar-refractivity contribution in [3.63, 3.8) is 0 Å². The Kier molecular flexibility index (Phi) is 8.04. The Labute approximate surface area is 207 Å². The number of hydrogen-bond acceptors (Lipinski definition) is 8. The van der Waals surface area contributed by atoms with Crippen LogP contribution in [0.3, 0.4) is 0 Å². The first-order valence-corrected chi connectivity index (χ1v) is 12.6. The second-order valence-corrected chi connectivity index (χ2v) is 12.0. The molecule has 182 valence electrons. The average Bonchev–Trinajstić information content (AvgIpc) is 3.34. The van der Waals surface area contributed by atoms with Crippen molar-refractivity contribution in [2.45, 2.75) is 68.9 Å². The highest BCUT2D eigenvalue weighted by Gasteiger charge is 2.19. The Bertz CT molecular complexity index is 1140. The monoisotopic (exact) mass is 502 g/mol. The number of carbonyl (C=O) groups excluding carboxylic acids is 2. The SMILES string of the molecule is CC(C)(C)OC(=O)Nc1cccc(CC(=O)Nc2ncc(SCc3ncc(C(C)(C)C)o3)s2)c1. The summed E-state index contributed by atoms with van der Waals surface area (Å²) in [6.45, 7) is 11.6. The lowest BCUT2D eigenvalue weighted by molar-refractivity contribution is -0.115. The van der Waals surface area contributed by atoms with E-state index in [-0.39, 0.29) is 17.7 Å². The van der Waals surface area contributed by atoms with Gasteiger partial charge < -0.3 is 14.5 Å². The third kappa shape index (κ3) is 8.18. The average molecular weight is 503 g/mol. The lowest BCUT2D eigenvalue weighted by atomic mass is 9.94. The van der Waals surface area contributed by atoms with Crippen molar-refractivity contribution < 1.29 is 18.7 Å². The van der Waals surface area contributed by atoms with Gasteiger partial charge in [-0.05, 0) is 38.5 Å². The Morgan fingerprint density at radius 3 is 2.53 bits per heavy atom. The maximum atomic E-state index is 12.5. The zero-order valence-corrected chi connectivity index (χ0v) is 21.9. The molecule has 0 aliphatic carbocycles. The van der Waals surface area contributed by atoms with Gasteiger partial charge in [-0.2, -0.15) is 0 Å². The molecule has 3 rings (SSSR count). The number of carbonyl (C=O) groups is 2. The van der Waals surface area contributed by atoms with Gasteiger partial charge in [0.05, 0.1) is 28.8 Å². The molecule has 0 saturated carbocycles. The zero-order chi connectivity index (χ0) is 24.9. The summed E-state index contributed by atoms with van der Waals surface area (Å²) < 4.78 is 12.0. The number of benzene rings is 1. The summed E-state index contributed by atoms with van der Waals surface area (Å²) in [5.74, 6) is 1.91. The van der Waals surface area contributed by atoms with Gasteiger partial charge in [-0.25, -0.2) is 14.8 Å². The van der Waals surface area contributed by atoms with E-state index in [2.05, 4.69) is 41.4 Å². The fourth-order valence-corrected chi connectivity index (χ4v) is 4.51. The number of nitrogens with zero attached hydrogens (tertiary/aromatic N) is 2. The van der Waals surface area contributed by atoms with Crippen molar-refractivity contribution in [3.8, 4) is 0 Å². The lowest BCUT2D eigenvalue weighted by Crippen LogP contribution is -2.27. The van der Waals surface area contributed by atoms with Crippen LogP contribution in [0, 0.1) is 0 Å². The molecule has 0 radical (unpaired) electrons. The molecule has 0 unspecified atom stereocenters. The third-order valence-electron chi connectivity index (χ3n) is 4.30. The number of thiazole rings is 1. The van der Waals surface area contributed by atoms with E-state index in [1.54, 1.807) is 63.1 Å². The van der Waals surface area contributed by atoms with Crippen LogP contribution in [0.1, 0.15) is 58.8 Å². The summed E-state index contributed by atoms with van der Waals surface area (Å²) in [4.78, 5) is 33.1. The molecule has 0 bridgehead atoms. The lowest BCUT2D eigenvalue weighted by Gasteiger charge is -2.19. The molecule has 0 saturated heterocycles. The number of thioether (sulfide) groups is 1. The number of ether oxygens (including phenoxy) is 1. The summed E-state index contributed by atoms with van der Waals surface area (Å²) in [7, 11) is 0. The van der Waals surface area contributed by atoms with Crippen LogP contribution >= 0.6 is 23.1 Å². The molecule has 2 heterocycles. The highest BCUT2D eigenvalue weighted by Crippen LogP contribution is 2.32. The number of oxazole rings is 1. The summed E-state index contributed by atoms with van der Waals surface area (Å²) >= 11 is 2.95. The van der Waals surface area contributed by atoms with Crippen molar-refractivity contribution in [1.82, 2.24) is 9.97 Å². The topological polar surface area (TPSA) is 106 Å². The predicted molar refractivity (Wildman–Crippen MR) is 136 cm³/mol. The van der Waals surface area contributed by atoms with Crippen LogP contribution in [0.5, 0.6) is 0 Å². The Hall–Kier alpha value is -2.85. The second-order valence-electron chi connectivity index (χ2n) is 9.69. The molecular formula is C24H30N4O4S2. The molecule has 34 heavy (non-hydrogen) atoms. The van der Waals surface area contributed by atoms with E-state index >= 15 is 0 Å². The highest BCUT2D eigenvalue weighted by molar-refractivity contribution is 8.00. The summed E-state index contributed by atoms with van der Waals surface area (Å²) in [5, 5.41) is 6.04. The van der Waals surface area contributed by atoms with Crippen molar-refractivity contribution in [2.24, 2.45) is 0 Å². The third-order valence-corrected chi connectivity index (χ3v) is 6.39. The quantitative estimate of drug-likeness (QED) is 0.368. The molecule has 2 aromatic heterocycles. The van der Waals surface area contributed by atoms with Gasteiger partial charge in [-0.15, -0.1) is 11.8 Å². The first kappa shape index (κ1) is 25.8. The van der Waals surface area contributed by atoms with E-state index in [0.29, 0.717) is 22.5 Å². The molecule has 10 heteroatoms. The minimum atomic E-state index is -0.587. The van der Waals surface area contributed by atoms with Crippen LogP contribution in [-0.2, 0) is 27.1 Å². The van der Waals surface area contributed by atoms with Gasteiger partial charge in [-0.3, -0.25) is 10.1 Å². The number of amides is 2. The maximum Gasteiger partial charge on any atom is 0.412 e. The van der Waals surface area contributed by atoms with Crippen molar-refractivity contribution in [3.05, 3.63) is 53.9 Å². The van der Waals surface area contributed by atoms with Gasteiger partial charge in [-0.1, -0.05) is 44.2 Å². The predicted octanol–water partition coefficient (Wildman–Crippen LogP) is 6.25. The fourth-order valence-electron chi connectivity index (χ4n) is 2.77. The first-order valence-electron chi connectivity index (χ1n) is 10.8. The highest BCUT2D eigenvalue weighted by atomic mass is 32.2. The molecule has 1 aromatic carbocycles. The number of aromatic nitrogens is 2. The summed E-state index contributed by atoms with van der Waals surface area (Å²) in [6.07, 6.45) is 3.11. The van der Waals surface area contributed by atoms with Crippen molar-refractivity contribution in [1.29, 1.82) is 0 Å². The molecule has 0 aliphatic heterocycles. The van der Waals surface area contributed by atoms with Crippen LogP contribution in [-0.4, -0.2) is 27.6 Å². The van der Waals surface area contributed by atoms with E-state index in [0.717, 1.165) is 15.5 Å². The molecule has 2 N–H and O–H groups in total. The van der Waals surface area contributed by atoms with Gasteiger partial charge in [0.2, 0.25) is 11.8 Å². The molecular weight excluding hydrogens is 472 g/mol. The van der Waals surface area contributed by atoms with Gasteiger partial charge in [0, 0.05) is 11.1 Å². The van der Waals surface area contributed by atoms with Crippen molar-refractivity contribution in [2.75, 3.05) is 10.6 Å². The molecule has 0 aliphatic rings. The largest absolute Gasteiger partial charge is 0.444 e. The van der Waals surface area contributed by atoms with Crippen LogP contribution in [0.15, 0.2) is 45.3 Å². The Morgan fingerprint density at radius 1 is 1.09 bits per heavy atom. The molecule has 2 amide bonds. The van der Waals surface area contributed by atoms with Crippen LogP contribution in [0.2, 0.25) is 0 Å². The van der Waals surface area contributed by atoms with Gasteiger partial charge in [0.1, 0.15) is 11.4 Å². The number of nitrogens with one attached hydrogen (secondary N) is 2. The Balaban J connectivity index is 1.50. The number of rotatable bonds is 7. The van der Waals surface area contributed by atoms with Crippen LogP contribution in [0.4, 0.5) is 15.6 Å². The van der Waals surface area contributed by atoms with E-state index in [9.17, 15) is 9.59 Å². The molecule has 0 atom stereocenters. The standard InChI is InChI=1S/C24H30N4O4S2/c1-23(2,3)17-12-25-19(31-17)14-33-20-13-26-21(34-20)28-18(29)11-15-8-7-9-16(10-15)27-22(30)32-24(4,5)6/h7-10,12-13H,11,14H2,1-6H3,(H,27,30)(H,26,28,29). The zero-order valence-electron chi connectivity index (χ0n) is 20.2. The summed E-state index contributed by atoms with van der Waals surface area (Å²) in [5.41, 5.74) is 0.656. The van der Waals surface area contributed by atoms with E-state index in [1.165, 1.54) is 11.3 Å². The molecule has 0 spiro atoms. The van der Waals surface area contributed by atoms with Crippen LogP contribution in [0.25, 0.3) is 0 Å².